The molecule has 3 aromatic rings. The predicted octanol–water partition coefficient (Wildman–Crippen LogP) is 3.02. The van der Waals surface area contributed by atoms with E-state index in [-0.39, 0.29) is 20.5 Å². The Morgan fingerprint density at radius 2 is 1.75 bits per heavy atom. The Morgan fingerprint density at radius 3 is 2.33 bits per heavy atom. The van der Waals surface area contributed by atoms with Crippen LogP contribution in [0.5, 0.6) is 11.5 Å². The summed E-state index contributed by atoms with van der Waals surface area (Å²) in [6.45, 7) is 0.541. The molecule has 0 atom stereocenters. The van der Waals surface area contributed by atoms with E-state index in [9.17, 15) is 23.6 Å². The van der Waals surface area contributed by atoms with Crippen molar-refractivity contribution in [3.63, 3.8) is 0 Å². The average molecular weight is 512 g/mol. The Bertz CT molecular complexity index is 1450. The van der Waals surface area contributed by atoms with Crippen molar-refractivity contribution in [2.45, 2.75) is 26.4 Å². The van der Waals surface area contributed by atoms with Gasteiger partial charge in [-0.25, -0.2) is 0 Å². The molecule has 0 saturated carbocycles. The third-order valence-corrected chi connectivity index (χ3v) is 6.66. The highest BCUT2D eigenvalue weighted by Gasteiger charge is 2.24. The molecule has 1 aliphatic heterocycles. The number of thiazole rings is 1. The van der Waals surface area contributed by atoms with E-state index in [1.807, 2.05) is 13.0 Å². The van der Waals surface area contributed by atoms with Crippen LogP contribution < -0.4 is 24.2 Å². The molecule has 1 fully saturated rings. The Kier molecular flexibility index (Phi) is 7.80. The largest absolute Gasteiger partial charge is 0.494 e. The van der Waals surface area contributed by atoms with Gasteiger partial charge in [0.25, 0.3) is 11.5 Å². The maximum Gasteiger partial charge on any atom is 0.387 e. The number of hydrogen-bond acceptors (Lipinski definition) is 6. The molecule has 0 aliphatic carbocycles. The number of benzene rings is 2. The van der Waals surface area contributed by atoms with Gasteiger partial charge in [0.05, 0.1) is 16.8 Å². The minimum atomic E-state index is -2.94. The molecule has 10 heteroatoms. The zero-order valence-corrected chi connectivity index (χ0v) is 20.3. The molecule has 7 nitrogen and oxygen atoms in total. The second-order valence-electron chi connectivity index (χ2n) is 7.92. The summed E-state index contributed by atoms with van der Waals surface area (Å²) < 4.78 is 36.6. The van der Waals surface area contributed by atoms with Crippen molar-refractivity contribution < 1.29 is 23.0 Å². The number of hydrogen-bond donors (Lipinski definition) is 0. The van der Waals surface area contributed by atoms with Gasteiger partial charge in [-0.1, -0.05) is 12.1 Å². The first-order valence-electron chi connectivity index (χ1n) is 11.4. The Hall–Kier alpha value is -3.97. The summed E-state index contributed by atoms with van der Waals surface area (Å²) in [5, 5.41) is 9.94. The second kappa shape index (κ2) is 11.2. The van der Waals surface area contributed by atoms with Crippen LogP contribution in [-0.4, -0.2) is 41.7 Å². The zero-order chi connectivity index (χ0) is 25.7. The number of likely N-dealkylation sites (tertiary alicyclic amines) is 1. The van der Waals surface area contributed by atoms with Crippen LogP contribution in [0.4, 0.5) is 8.78 Å². The van der Waals surface area contributed by atoms with Crippen LogP contribution in [-0.2, 0) is 4.79 Å². The third-order valence-electron chi connectivity index (χ3n) is 5.57. The van der Waals surface area contributed by atoms with E-state index in [0.717, 1.165) is 24.2 Å². The van der Waals surface area contributed by atoms with E-state index in [2.05, 4.69) is 4.74 Å². The van der Waals surface area contributed by atoms with Crippen molar-refractivity contribution in [1.29, 1.82) is 5.26 Å². The minimum Gasteiger partial charge on any atom is -0.494 e. The van der Waals surface area contributed by atoms with Gasteiger partial charge in [-0.2, -0.15) is 14.0 Å². The maximum atomic E-state index is 13.5. The monoisotopic (exact) mass is 511 g/mol. The van der Waals surface area contributed by atoms with Gasteiger partial charge in [-0.15, -0.1) is 11.3 Å². The van der Waals surface area contributed by atoms with E-state index in [4.69, 9.17) is 4.74 Å². The molecule has 1 aliphatic rings. The fourth-order valence-corrected chi connectivity index (χ4v) is 5.00. The predicted molar refractivity (Wildman–Crippen MR) is 132 cm³/mol. The maximum absolute atomic E-state index is 13.5. The van der Waals surface area contributed by atoms with E-state index >= 15 is 0 Å². The Morgan fingerprint density at radius 1 is 1.11 bits per heavy atom. The Balaban J connectivity index is 1.89. The van der Waals surface area contributed by atoms with Crippen LogP contribution in [0.25, 0.3) is 17.3 Å². The lowest BCUT2D eigenvalue weighted by Gasteiger charge is -2.14. The van der Waals surface area contributed by atoms with Crippen LogP contribution in [0.1, 0.15) is 25.3 Å². The van der Waals surface area contributed by atoms with Crippen molar-refractivity contribution in [1.82, 2.24) is 9.47 Å². The molecule has 0 bridgehead atoms. The first kappa shape index (κ1) is 25.1. The fourth-order valence-electron chi connectivity index (χ4n) is 3.90. The highest BCUT2D eigenvalue weighted by Crippen LogP contribution is 2.17. The Labute approximate surface area is 209 Å². The summed E-state index contributed by atoms with van der Waals surface area (Å²) in [6.07, 6.45) is 3.32. The van der Waals surface area contributed by atoms with Crippen molar-refractivity contribution >= 4 is 28.9 Å². The topological polar surface area (TPSA) is 84.6 Å². The van der Waals surface area contributed by atoms with Crippen LogP contribution in [0, 0.1) is 11.3 Å². The molecule has 0 radical (unpaired) electrons. The van der Waals surface area contributed by atoms with Gasteiger partial charge >= 0.3 is 6.61 Å². The van der Waals surface area contributed by atoms with Gasteiger partial charge in [0.15, 0.2) is 5.57 Å². The van der Waals surface area contributed by atoms with Gasteiger partial charge in [-0.05, 0) is 67.8 Å². The number of halogens is 2. The van der Waals surface area contributed by atoms with E-state index in [1.165, 1.54) is 16.7 Å². The minimum absolute atomic E-state index is 0.00266. The number of carbonyl (C=O) groups is 1. The molecule has 2 aromatic carbocycles. The lowest BCUT2D eigenvalue weighted by atomic mass is 10.2. The number of nitrogens with zero attached hydrogens (tertiary/aromatic N) is 3. The summed E-state index contributed by atoms with van der Waals surface area (Å²) in [5.74, 6) is 0.217. The quantitative estimate of drug-likeness (QED) is 0.487. The molecule has 0 unspecified atom stereocenters. The molecule has 1 aromatic heterocycles. The summed E-state index contributed by atoms with van der Waals surface area (Å²) in [5.41, 5.74) is 0.545. The summed E-state index contributed by atoms with van der Waals surface area (Å²) in [4.78, 5) is 28.3. The van der Waals surface area contributed by atoms with Gasteiger partial charge in [-0.3, -0.25) is 14.2 Å². The summed E-state index contributed by atoms with van der Waals surface area (Å²) in [7, 11) is 0. The van der Waals surface area contributed by atoms with E-state index in [0.29, 0.717) is 36.7 Å². The molecule has 1 amide bonds. The van der Waals surface area contributed by atoms with Crippen LogP contribution in [0.2, 0.25) is 0 Å². The standard InChI is InChI=1S/C26H23F2N3O4S/c1-2-34-19-11-7-18(8-12-19)31-24(33)22(15-17-5-9-20(10-6-17)35-26(27)28)36-25(31)21(16-29)23(32)30-13-3-4-14-30/h5-12,15,26H,2-4,13-14H2,1H3/b22-15+,25-21-. The number of nitriles is 1. The van der Waals surface area contributed by atoms with E-state index in [1.54, 1.807) is 47.4 Å². The number of amides is 1. The van der Waals surface area contributed by atoms with Crippen LogP contribution >= 0.6 is 11.3 Å². The molecule has 0 spiro atoms. The van der Waals surface area contributed by atoms with Gasteiger partial charge in [0, 0.05) is 13.1 Å². The number of aromatic nitrogens is 1. The third kappa shape index (κ3) is 5.47. The average Bonchev–Trinajstić information content (AvgIpc) is 3.50. The molecule has 1 saturated heterocycles. The molecule has 36 heavy (non-hydrogen) atoms. The fraction of sp³-hybridized carbons (Fsp3) is 0.269. The SMILES string of the molecule is CCOc1ccc(-n2c(=O)/c(=C\c3ccc(OC(F)F)cc3)s/c2=C(/C#N)C(=O)N2CCCC2)cc1. The van der Waals surface area contributed by atoms with Crippen molar-refractivity contribution in [2.24, 2.45) is 0 Å². The van der Waals surface area contributed by atoms with Gasteiger partial charge < -0.3 is 14.4 Å². The summed E-state index contributed by atoms with van der Waals surface area (Å²) >= 11 is 1.03. The van der Waals surface area contributed by atoms with Crippen LogP contribution in [0.15, 0.2) is 53.3 Å². The zero-order valence-electron chi connectivity index (χ0n) is 19.4. The van der Waals surface area contributed by atoms with Crippen molar-refractivity contribution in [2.75, 3.05) is 19.7 Å². The summed E-state index contributed by atoms with van der Waals surface area (Å²) in [6, 6.07) is 14.7. The molecule has 0 N–H and O–H groups in total. The second-order valence-corrected chi connectivity index (χ2v) is 8.95. The van der Waals surface area contributed by atoms with Crippen LogP contribution in [0.3, 0.4) is 0 Å². The normalized spacial score (nSPS) is 14.6. The van der Waals surface area contributed by atoms with Gasteiger partial charge in [0.2, 0.25) is 0 Å². The lowest BCUT2D eigenvalue weighted by molar-refractivity contribution is -0.123. The van der Waals surface area contributed by atoms with Crippen molar-refractivity contribution in [3.8, 4) is 23.3 Å². The molecule has 2 heterocycles. The smallest absolute Gasteiger partial charge is 0.387 e. The highest BCUT2D eigenvalue weighted by atomic mass is 32.1. The van der Waals surface area contributed by atoms with Gasteiger partial charge in [0.1, 0.15) is 22.2 Å². The number of ether oxygens (including phenoxy) is 2. The number of carbonyl (C=O) groups excluding carboxylic acids is 1. The highest BCUT2D eigenvalue weighted by molar-refractivity contribution is 7.07. The number of alkyl halides is 2. The molecular weight excluding hydrogens is 488 g/mol. The molecule has 4 rings (SSSR count). The first-order valence-corrected chi connectivity index (χ1v) is 12.2. The van der Waals surface area contributed by atoms with Crippen molar-refractivity contribution in [3.05, 3.63) is 73.6 Å². The first-order chi connectivity index (χ1) is 17.4. The number of rotatable bonds is 7. The van der Waals surface area contributed by atoms with E-state index < -0.39 is 18.1 Å². The molecule has 186 valence electrons. The molecular formula is C26H23F2N3O4S. The lowest BCUT2D eigenvalue weighted by Crippen LogP contribution is -2.35.